The summed E-state index contributed by atoms with van der Waals surface area (Å²) in [5, 5.41) is 0. The molecule has 0 spiro atoms. The first-order valence-electron chi connectivity index (χ1n) is 5.42. The summed E-state index contributed by atoms with van der Waals surface area (Å²) in [7, 11) is 1.87. The molecule has 0 aromatic carbocycles. The quantitative estimate of drug-likeness (QED) is 0.592. The maximum atomic E-state index is 6.60. The topological polar surface area (TPSA) is 9.23 Å². The van der Waals surface area contributed by atoms with Crippen LogP contribution in [0.4, 0.5) is 0 Å². The molecule has 13 heavy (non-hydrogen) atoms. The molecule has 74 valence electrons. The Morgan fingerprint density at radius 1 is 1.15 bits per heavy atom. The average Bonchev–Trinajstić information content (AvgIpc) is 2.00. The summed E-state index contributed by atoms with van der Waals surface area (Å²) >= 11 is 6.60. The van der Waals surface area contributed by atoms with Crippen LogP contribution in [0, 0.1) is 17.8 Å². The number of hydrogen-bond acceptors (Lipinski definition) is 1. The summed E-state index contributed by atoms with van der Waals surface area (Å²) in [5.41, 5.74) is 0. The van der Waals surface area contributed by atoms with E-state index in [2.05, 4.69) is 0 Å². The van der Waals surface area contributed by atoms with Crippen LogP contribution in [0.15, 0.2) is 0 Å². The minimum Gasteiger partial charge on any atom is -0.381 e. The van der Waals surface area contributed by atoms with E-state index in [0.717, 1.165) is 17.8 Å². The Morgan fingerprint density at radius 3 is 2.23 bits per heavy atom. The van der Waals surface area contributed by atoms with Crippen molar-refractivity contribution in [3.8, 4) is 0 Å². The Bertz CT molecular complexity index is 212. The Labute approximate surface area is 84.8 Å². The van der Waals surface area contributed by atoms with Gasteiger partial charge in [0.15, 0.2) is 0 Å². The van der Waals surface area contributed by atoms with E-state index in [1.807, 2.05) is 7.11 Å². The lowest BCUT2D eigenvalue weighted by Gasteiger charge is -2.57. The van der Waals surface area contributed by atoms with Gasteiger partial charge in [-0.25, -0.2) is 0 Å². The summed E-state index contributed by atoms with van der Waals surface area (Å²) in [6.07, 6.45) is 6.98. The van der Waals surface area contributed by atoms with Gasteiger partial charge in [0.05, 0.1) is 6.10 Å². The lowest BCUT2D eigenvalue weighted by atomic mass is 9.54. The third-order valence-corrected chi connectivity index (χ3v) is 4.85. The predicted octanol–water partition coefficient (Wildman–Crippen LogP) is 2.82. The van der Waals surface area contributed by atoms with Crippen molar-refractivity contribution in [2.45, 2.75) is 43.1 Å². The van der Waals surface area contributed by atoms with Gasteiger partial charge in [0.1, 0.15) is 0 Å². The van der Waals surface area contributed by atoms with Crippen molar-refractivity contribution in [2.75, 3.05) is 7.11 Å². The zero-order valence-electron chi connectivity index (χ0n) is 8.13. The Morgan fingerprint density at radius 2 is 1.77 bits per heavy atom. The zero-order chi connectivity index (χ0) is 9.05. The van der Waals surface area contributed by atoms with Crippen LogP contribution in [-0.4, -0.2) is 18.1 Å². The molecular weight excluding hydrogens is 184 g/mol. The van der Waals surface area contributed by atoms with Crippen LogP contribution in [-0.2, 0) is 4.74 Å². The summed E-state index contributed by atoms with van der Waals surface area (Å²) in [6.45, 7) is 0. The lowest BCUT2D eigenvalue weighted by Crippen LogP contribution is -2.55. The van der Waals surface area contributed by atoms with Crippen LogP contribution >= 0.6 is 11.6 Å². The molecule has 4 aliphatic rings. The van der Waals surface area contributed by atoms with Crippen molar-refractivity contribution in [3.63, 3.8) is 0 Å². The van der Waals surface area contributed by atoms with Crippen molar-refractivity contribution < 1.29 is 4.74 Å². The van der Waals surface area contributed by atoms with Gasteiger partial charge in [0.25, 0.3) is 0 Å². The molecule has 1 nitrogen and oxygen atoms in total. The van der Waals surface area contributed by atoms with Crippen molar-refractivity contribution in [3.05, 3.63) is 0 Å². The monoisotopic (exact) mass is 200 g/mol. The fourth-order valence-electron chi connectivity index (χ4n) is 4.26. The molecule has 0 saturated heterocycles. The highest BCUT2D eigenvalue weighted by molar-refractivity contribution is 6.24. The molecule has 4 bridgehead atoms. The second-order valence-electron chi connectivity index (χ2n) is 5.32. The van der Waals surface area contributed by atoms with Gasteiger partial charge in [-0.1, -0.05) is 0 Å². The third kappa shape index (κ3) is 1.16. The van der Waals surface area contributed by atoms with Crippen LogP contribution in [0.25, 0.3) is 0 Å². The predicted molar refractivity (Wildman–Crippen MR) is 52.9 cm³/mol. The van der Waals surface area contributed by atoms with Crippen molar-refractivity contribution in [1.29, 1.82) is 0 Å². The molecule has 0 amide bonds. The summed E-state index contributed by atoms with van der Waals surface area (Å²) in [4.78, 5) is 0.172. The highest BCUT2D eigenvalue weighted by Gasteiger charge is 2.54. The largest absolute Gasteiger partial charge is 0.381 e. The van der Waals surface area contributed by atoms with Crippen LogP contribution in [0.5, 0.6) is 0 Å². The van der Waals surface area contributed by atoms with Crippen LogP contribution in [0.1, 0.15) is 32.1 Å². The van der Waals surface area contributed by atoms with Gasteiger partial charge in [-0.15, -0.1) is 11.6 Å². The van der Waals surface area contributed by atoms with E-state index in [4.69, 9.17) is 16.3 Å². The van der Waals surface area contributed by atoms with E-state index in [9.17, 15) is 0 Å². The van der Waals surface area contributed by atoms with Crippen LogP contribution in [0.3, 0.4) is 0 Å². The molecule has 0 N–H and O–H groups in total. The van der Waals surface area contributed by atoms with Gasteiger partial charge in [0.2, 0.25) is 0 Å². The molecule has 2 heteroatoms. The molecule has 0 heterocycles. The molecule has 0 aromatic rings. The number of methoxy groups -OCH3 is 1. The number of ether oxygens (including phenoxy) is 1. The van der Waals surface area contributed by atoms with Crippen LogP contribution < -0.4 is 0 Å². The summed E-state index contributed by atoms with van der Waals surface area (Å²) in [5.74, 6) is 2.46. The van der Waals surface area contributed by atoms with Crippen molar-refractivity contribution in [1.82, 2.24) is 0 Å². The van der Waals surface area contributed by atoms with E-state index in [-0.39, 0.29) is 4.87 Å². The van der Waals surface area contributed by atoms with E-state index >= 15 is 0 Å². The molecule has 4 rings (SSSR count). The molecule has 4 aliphatic carbocycles. The standard InChI is InChI=1S/C11H17ClO/c1-13-10-8-2-7-3-9(10)6-11(12,4-7)5-8/h7-10H,2-6H2,1H3/t7?,8-,9+,10?,11?. The van der Waals surface area contributed by atoms with Gasteiger partial charge in [-0.2, -0.15) is 0 Å². The summed E-state index contributed by atoms with van der Waals surface area (Å²) in [6, 6.07) is 0. The molecular formula is C11H17ClO. The number of halogens is 1. The second-order valence-corrected chi connectivity index (χ2v) is 6.12. The fourth-order valence-corrected chi connectivity index (χ4v) is 4.88. The Hall–Kier alpha value is 0.250. The minimum atomic E-state index is 0.172. The molecule has 4 saturated carbocycles. The average molecular weight is 201 g/mol. The highest BCUT2D eigenvalue weighted by Crippen LogP contribution is 2.58. The maximum Gasteiger partial charge on any atom is 0.0629 e. The molecule has 4 fully saturated rings. The van der Waals surface area contributed by atoms with Gasteiger partial charge in [-0.3, -0.25) is 0 Å². The van der Waals surface area contributed by atoms with Gasteiger partial charge in [-0.05, 0) is 49.9 Å². The van der Waals surface area contributed by atoms with E-state index in [0.29, 0.717) is 6.10 Å². The fraction of sp³-hybridized carbons (Fsp3) is 1.00. The highest BCUT2D eigenvalue weighted by atomic mass is 35.5. The Balaban J connectivity index is 1.90. The van der Waals surface area contributed by atoms with Gasteiger partial charge in [0, 0.05) is 12.0 Å². The number of alkyl halides is 1. The first-order chi connectivity index (χ1) is 6.20. The summed E-state index contributed by atoms with van der Waals surface area (Å²) < 4.78 is 5.61. The number of rotatable bonds is 1. The minimum absolute atomic E-state index is 0.172. The van der Waals surface area contributed by atoms with E-state index in [1.165, 1.54) is 32.1 Å². The Kier molecular flexibility index (Phi) is 1.73. The molecule has 3 unspecified atom stereocenters. The molecule has 5 atom stereocenters. The SMILES string of the molecule is COC1[C@@H]2CC3C[C@H]1CC(Cl)(C3)C2. The molecule has 0 aromatic heterocycles. The molecule has 0 radical (unpaired) electrons. The van der Waals surface area contributed by atoms with E-state index < -0.39 is 0 Å². The van der Waals surface area contributed by atoms with E-state index in [1.54, 1.807) is 0 Å². The van der Waals surface area contributed by atoms with Gasteiger partial charge < -0.3 is 4.74 Å². The maximum absolute atomic E-state index is 6.60. The lowest BCUT2D eigenvalue weighted by molar-refractivity contribution is -0.103. The first-order valence-corrected chi connectivity index (χ1v) is 5.80. The van der Waals surface area contributed by atoms with Crippen LogP contribution in [0.2, 0.25) is 0 Å². The third-order valence-electron chi connectivity index (χ3n) is 4.38. The van der Waals surface area contributed by atoms with Crippen molar-refractivity contribution in [2.24, 2.45) is 17.8 Å². The smallest absolute Gasteiger partial charge is 0.0629 e. The normalized spacial score (nSPS) is 58.6. The molecule has 0 aliphatic heterocycles. The first kappa shape index (κ1) is 8.55. The zero-order valence-corrected chi connectivity index (χ0v) is 8.89. The number of hydrogen-bond donors (Lipinski definition) is 0. The van der Waals surface area contributed by atoms with Gasteiger partial charge >= 0.3 is 0 Å². The van der Waals surface area contributed by atoms with Crippen molar-refractivity contribution >= 4 is 11.6 Å². The second kappa shape index (κ2) is 2.64.